The predicted molar refractivity (Wildman–Crippen MR) is 61.6 cm³/mol. The molecule has 2 rings (SSSR count). The molecule has 16 heavy (non-hydrogen) atoms. The lowest BCUT2D eigenvalue weighted by Gasteiger charge is -2.08. The number of hydrogen-bond acceptors (Lipinski definition) is 4. The molecule has 2 aromatic rings. The van der Waals surface area contributed by atoms with Gasteiger partial charge in [0.15, 0.2) is 0 Å². The second kappa shape index (κ2) is 5.48. The summed E-state index contributed by atoms with van der Waals surface area (Å²) in [6.45, 7) is 1.73. The van der Waals surface area contributed by atoms with Gasteiger partial charge in [-0.05, 0) is 12.1 Å². The number of imidazole rings is 1. The van der Waals surface area contributed by atoms with E-state index in [2.05, 4.69) is 10.3 Å². The SMILES string of the molecule is OCCOCCNc1cccc2nccn12. The van der Waals surface area contributed by atoms with Gasteiger partial charge in [0.1, 0.15) is 11.5 Å². The molecule has 0 aliphatic rings. The van der Waals surface area contributed by atoms with Gasteiger partial charge < -0.3 is 15.2 Å². The van der Waals surface area contributed by atoms with E-state index in [1.165, 1.54) is 0 Å². The number of nitrogens with one attached hydrogen (secondary N) is 1. The minimum atomic E-state index is 0.0666. The molecular weight excluding hydrogens is 206 g/mol. The molecule has 0 spiro atoms. The average molecular weight is 221 g/mol. The smallest absolute Gasteiger partial charge is 0.138 e. The van der Waals surface area contributed by atoms with E-state index in [0.29, 0.717) is 19.8 Å². The fourth-order valence-corrected chi connectivity index (χ4v) is 1.51. The summed E-state index contributed by atoms with van der Waals surface area (Å²) in [6.07, 6.45) is 3.68. The molecule has 0 unspecified atom stereocenters. The van der Waals surface area contributed by atoms with Gasteiger partial charge in [0, 0.05) is 18.9 Å². The van der Waals surface area contributed by atoms with E-state index in [-0.39, 0.29) is 6.61 Å². The Bertz CT molecular complexity index is 441. The number of nitrogens with zero attached hydrogens (tertiary/aromatic N) is 2. The number of pyridine rings is 1. The van der Waals surface area contributed by atoms with Crippen molar-refractivity contribution in [3.05, 3.63) is 30.6 Å². The molecule has 0 bridgehead atoms. The summed E-state index contributed by atoms with van der Waals surface area (Å²) in [7, 11) is 0. The van der Waals surface area contributed by atoms with Crippen molar-refractivity contribution in [3.8, 4) is 0 Å². The highest BCUT2D eigenvalue weighted by molar-refractivity contribution is 5.49. The summed E-state index contributed by atoms with van der Waals surface area (Å²) >= 11 is 0. The zero-order valence-corrected chi connectivity index (χ0v) is 8.97. The number of aromatic nitrogens is 2. The summed E-state index contributed by atoms with van der Waals surface area (Å²) in [5.41, 5.74) is 0.918. The van der Waals surface area contributed by atoms with Gasteiger partial charge in [-0.1, -0.05) is 6.07 Å². The van der Waals surface area contributed by atoms with Gasteiger partial charge >= 0.3 is 0 Å². The van der Waals surface area contributed by atoms with Crippen LogP contribution in [0.15, 0.2) is 30.6 Å². The van der Waals surface area contributed by atoms with Gasteiger partial charge in [0.25, 0.3) is 0 Å². The van der Waals surface area contributed by atoms with Crippen LogP contribution in [0, 0.1) is 0 Å². The van der Waals surface area contributed by atoms with Crippen molar-refractivity contribution in [2.75, 3.05) is 31.7 Å². The lowest BCUT2D eigenvalue weighted by atomic mass is 10.4. The molecule has 0 aromatic carbocycles. The second-order valence-electron chi connectivity index (χ2n) is 3.33. The van der Waals surface area contributed by atoms with Crippen LogP contribution >= 0.6 is 0 Å². The van der Waals surface area contributed by atoms with Crippen LogP contribution in [0.4, 0.5) is 5.82 Å². The van der Waals surface area contributed by atoms with Crippen LogP contribution in [0.3, 0.4) is 0 Å². The Morgan fingerprint density at radius 3 is 3.19 bits per heavy atom. The van der Waals surface area contributed by atoms with Crippen LogP contribution in [0.1, 0.15) is 0 Å². The molecule has 0 amide bonds. The minimum Gasteiger partial charge on any atom is -0.394 e. The summed E-state index contributed by atoms with van der Waals surface area (Å²) in [5, 5.41) is 11.8. The van der Waals surface area contributed by atoms with E-state index >= 15 is 0 Å². The van der Waals surface area contributed by atoms with E-state index in [1.54, 1.807) is 6.20 Å². The molecule has 0 fully saturated rings. The van der Waals surface area contributed by atoms with Crippen molar-refractivity contribution in [1.82, 2.24) is 9.38 Å². The Hall–Kier alpha value is -1.59. The molecule has 0 radical (unpaired) electrons. The Morgan fingerprint density at radius 1 is 1.38 bits per heavy atom. The van der Waals surface area contributed by atoms with Crippen molar-refractivity contribution in [2.24, 2.45) is 0 Å². The van der Waals surface area contributed by atoms with Gasteiger partial charge in [-0.25, -0.2) is 4.98 Å². The summed E-state index contributed by atoms with van der Waals surface area (Å²) in [6, 6.07) is 5.90. The van der Waals surface area contributed by atoms with Crippen molar-refractivity contribution < 1.29 is 9.84 Å². The highest BCUT2D eigenvalue weighted by atomic mass is 16.5. The maximum atomic E-state index is 8.54. The normalized spacial score (nSPS) is 10.8. The van der Waals surface area contributed by atoms with Gasteiger partial charge in [-0.2, -0.15) is 0 Å². The first-order chi connectivity index (χ1) is 7.92. The fraction of sp³-hybridized carbons (Fsp3) is 0.364. The van der Waals surface area contributed by atoms with Crippen molar-refractivity contribution in [3.63, 3.8) is 0 Å². The Labute approximate surface area is 93.7 Å². The van der Waals surface area contributed by atoms with E-state index in [9.17, 15) is 0 Å². The first-order valence-corrected chi connectivity index (χ1v) is 5.26. The number of anilines is 1. The van der Waals surface area contributed by atoms with Crippen LogP contribution in [-0.4, -0.2) is 40.9 Å². The fourth-order valence-electron chi connectivity index (χ4n) is 1.51. The molecule has 2 N–H and O–H groups in total. The van der Waals surface area contributed by atoms with Gasteiger partial charge in [-0.15, -0.1) is 0 Å². The molecule has 5 heteroatoms. The van der Waals surface area contributed by atoms with Crippen molar-refractivity contribution in [2.45, 2.75) is 0 Å². The third-order valence-electron chi connectivity index (χ3n) is 2.22. The molecule has 0 saturated carbocycles. The quantitative estimate of drug-likeness (QED) is 0.707. The maximum absolute atomic E-state index is 8.54. The summed E-state index contributed by atoms with van der Waals surface area (Å²) < 4.78 is 7.14. The summed E-state index contributed by atoms with van der Waals surface area (Å²) in [5.74, 6) is 0.989. The number of aliphatic hydroxyl groups is 1. The van der Waals surface area contributed by atoms with Gasteiger partial charge in [0.05, 0.1) is 19.8 Å². The van der Waals surface area contributed by atoms with E-state index in [4.69, 9.17) is 9.84 Å². The molecule has 0 saturated heterocycles. The van der Waals surface area contributed by atoms with Crippen LogP contribution < -0.4 is 5.32 Å². The van der Waals surface area contributed by atoms with Gasteiger partial charge in [-0.3, -0.25) is 4.40 Å². The number of rotatable bonds is 6. The number of ether oxygens (including phenoxy) is 1. The topological polar surface area (TPSA) is 58.8 Å². The Kier molecular flexibility index (Phi) is 3.74. The number of fused-ring (bicyclic) bond motifs is 1. The molecule has 2 heterocycles. The molecule has 86 valence electrons. The van der Waals surface area contributed by atoms with Crippen LogP contribution in [-0.2, 0) is 4.74 Å². The molecule has 0 atom stereocenters. The lowest BCUT2D eigenvalue weighted by molar-refractivity contribution is 0.0992. The Morgan fingerprint density at radius 2 is 2.31 bits per heavy atom. The number of aliphatic hydroxyl groups excluding tert-OH is 1. The maximum Gasteiger partial charge on any atom is 0.138 e. The zero-order valence-electron chi connectivity index (χ0n) is 8.97. The lowest BCUT2D eigenvalue weighted by Crippen LogP contribution is -2.12. The zero-order chi connectivity index (χ0) is 11.2. The highest BCUT2D eigenvalue weighted by Crippen LogP contribution is 2.10. The molecule has 5 nitrogen and oxygen atoms in total. The average Bonchev–Trinajstić information content (AvgIpc) is 2.77. The number of hydrogen-bond donors (Lipinski definition) is 2. The predicted octanol–water partition coefficient (Wildman–Crippen LogP) is 0.755. The van der Waals surface area contributed by atoms with E-state index < -0.39 is 0 Å². The molecular formula is C11H15N3O2. The van der Waals surface area contributed by atoms with Gasteiger partial charge in [0.2, 0.25) is 0 Å². The first-order valence-electron chi connectivity index (χ1n) is 5.26. The first kappa shape index (κ1) is 10.9. The van der Waals surface area contributed by atoms with Crippen molar-refractivity contribution in [1.29, 1.82) is 0 Å². The van der Waals surface area contributed by atoms with Crippen LogP contribution in [0.25, 0.3) is 5.65 Å². The van der Waals surface area contributed by atoms with Crippen LogP contribution in [0.2, 0.25) is 0 Å². The van der Waals surface area contributed by atoms with Crippen LogP contribution in [0.5, 0.6) is 0 Å². The summed E-state index contributed by atoms with van der Waals surface area (Å²) in [4.78, 5) is 4.20. The standard InChI is InChI=1S/C11H15N3O2/c15-7-9-16-8-5-13-11-3-1-2-10-12-4-6-14(10)11/h1-4,6,13,15H,5,7-9H2. The third kappa shape index (κ3) is 2.50. The molecule has 0 aliphatic heterocycles. The van der Waals surface area contributed by atoms with E-state index in [1.807, 2.05) is 28.8 Å². The van der Waals surface area contributed by atoms with E-state index in [0.717, 1.165) is 11.5 Å². The highest BCUT2D eigenvalue weighted by Gasteiger charge is 1.98. The van der Waals surface area contributed by atoms with Crippen molar-refractivity contribution >= 4 is 11.5 Å². The molecule has 0 aliphatic carbocycles. The third-order valence-corrected chi connectivity index (χ3v) is 2.22. The Balaban J connectivity index is 1.91. The monoisotopic (exact) mass is 221 g/mol. The largest absolute Gasteiger partial charge is 0.394 e. The molecule has 2 aromatic heterocycles. The minimum absolute atomic E-state index is 0.0666. The second-order valence-corrected chi connectivity index (χ2v) is 3.33.